The lowest BCUT2D eigenvalue weighted by atomic mass is 10.1. The highest BCUT2D eigenvalue weighted by Crippen LogP contribution is 2.25. The van der Waals surface area contributed by atoms with Gasteiger partial charge in [0.1, 0.15) is 11.5 Å². The highest BCUT2D eigenvalue weighted by molar-refractivity contribution is 5.83. The van der Waals surface area contributed by atoms with E-state index >= 15 is 0 Å². The van der Waals surface area contributed by atoms with Crippen LogP contribution in [-0.2, 0) is 0 Å². The van der Waals surface area contributed by atoms with E-state index in [4.69, 9.17) is 9.47 Å². The molecule has 4 heteroatoms. The van der Waals surface area contributed by atoms with Crippen LogP contribution in [-0.4, -0.2) is 26.6 Å². The first kappa shape index (κ1) is 21.1. The van der Waals surface area contributed by atoms with E-state index in [0.29, 0.717) is 0 Å². The zero-order chi connectivity index (χ0) is 22.2. The Kier molecular flexibility index (Phi) is 6.73. The number of aliphatic imine (C=N–C) groups is 2. The van der Waals surface area contributed by atoms with Crippen LogP contribution in [0.1, 0.15) is 11.1 Å². The summed E-state index contributed by atoms with van der Waals surface area (Å²) in [7, 11) is 3.32. The van der Waals surface area contributed by atoms with Crippen molar-refractivity contribution < 1.29 is 9.47 Å². The van der Waals surface area contributed by atoms with E-state index in [2.05, 4.69) is 34.3 Å². The summed E-state index contributed by atoms with van der Waals surface area (Å²) in [5.41, 5.74) is 6.15. The van der Waals surface area contributed by atoms with Crippen LogP contribution in [0.25, 0.3) is 11.1 Å². The van der Waals surface area contributed by atoms with Gasteiger partial charge < -0.3 is 9.47 Å². The van der Waals surface area contributed by atoms with Gasteiger partial charge in [0.25, 0.3) is 0 Å². The van der Waals surface area contributed by atoms with E-state index in [9.17, 15) is 0 Å². The molecule has 4 aromatic rings. The molecule has 0 N–H and O–H groups in total. The predicted octanol–water partition coefficient (Wildman–Crippen LogP) is 6.87. The molecule has 0 aliphatic rings. The van der Waals surface area contributed by atoms with Crippen LogP contribution in [0.3, 0.4) is 0 Å². The third kappa shape index (κ3) is 5.49. The summed E-state index contributed by atoms with van der Waals surface area (Å²) in [5, 5.41) is 0. The summed E-state index contributed by atoms with van der Waals surface area (Å²) in [5.74, 6) is 1.67. The van der Waals surface area contributed by atoms with Gasteiger partial charge in [-0.3, -0.25) is 9.98 Å². The summed E-state index contributed by atoms with van der Waals surface area (Å²) in [4.78, 5) is 9.10. The highest BCUT2D eigenvalue weighted by atomic mass is 16.5. The van der Waals surface area contributed by atoms with Crippen molar-refractivity contribution in [2.45, 2.75) is 0 Å². The number of hydrogen-bond acceptors (Lipinski definition) is 4. The van der Waals surface area contributed by atoms with E-state index in [1.165, 1.54) is 0 Å². The fourth-order valence-corrected chi connectivity index (χ4v) is 3.16. The number of benzene rings is 4. The lowest BCUT2D eigenvalue weighted by Gasteiger charge is -2.03. The SMILES string of the molecule is COc1ccc(/C=N/c2ccc(-c3ccc(/N=C/c4ccc(OC)cc4)cc3)cc2)cc1. The molecule has 0 fully saturated rings. The Morgan fingerprint density at radius 2 is 0.812 bits per heavy atom. The van der Waals surface area contributed by atoms with Crippen LogP contribution >= 0.6 is 0 Å². The van der Waals surface area contributed by atoms with E-state index < -0.39 is 0 Å². The molecule has 0 unspecified atom stereocenters. The van der Waals surface area contributed by atoms with Gasteiger partial charge in [0.05, 0.1) is 25.6 Å². The Hall–Kier alpha value is -4.18. The van der Waals surface area contributed by atoms with Crippen molar-refractivity contribution in [3.8, 4) is 22.6 Å². The molecule has 0 aliphatic carbocycles. The van der Waals surface area contributed by atoms with Gasteiger partial charge in [-0.1, -0.05) is 24.3 Å². The second-order valence-electron chi connectivity index (χ2n) is 7.16. The van der Waals surface area contributed by atoms with Crippen molar-refractivity contribution >= 4 is 23.8 Å². The van der Waals surface area contributed by atoms with E-state index in [0.717, 1.165) is 45.1 Å². The maximum Gasteiger partial charge on any atom is 0.118 e. The van der Waals surface area contributed by atoms with Crippen LogP contribution in [0.2, 0.25) is 0 Å². The first-order valence-electron chi connectivity index (χ1n) is 10.3. The zero-order valence-electron chi connectivity index (χ0n) is 18.1. The Bertz CT molecular complexity index is 1090. The standard InChI is InChI=1S/C28H24N2O2/c1-31-27-15-3-21(4-16-27)19-29-25-11-7-23(8-12-25)24-9-13-26(14-10-24)30-20-22-5-17-28(32-2)18-6-22/h3-20H,1-2H3/b29-19+,30-20+. The lowest BCUT2D eigenvalue weighted by Crippen LogP contribution is -1.84. The minimum atomic E-state index is 0.837. The molecule has 4 rings (SSSR count). The van der Waals surface area contributed by atoms with Gasteiger partial charge in [-0.25, -0.2) is 0 Å². The van der Waals surface area contributed by atoms with Crippen molar-refractivity contribution in [1.82, 2.24) is 0 Å². The van der Waals surface area contributed by atoms with Crippen molar-refractivity contribution in [2.24, 2.45) is 9.98 Å². The molecule has 0 atom stereocenters. The molecule has 0 saturated heterocycles. The van der Waals surface area contributed by atoms with Crippen molar-refractivity contribution in [3.63, 3.8) is 0 Å². The molecule has 0 spiro atoms. The number of rotatable bonds is 7. The normalized spacial score (nSPS) is 11.2. The smallest absolute Gasteiger partial charge is 0.118 e. The average molecular weight is 421 g/mol. The van der Waals surface area contributed by atoms with Crippen molar-refractivity contribution in [1.29, 1.82) is 0 Å². The molecule has 32 heavy (non-hydrogen) atoms. The van der Waals surface area contributed by atoms with Crippen LogP contribution in [0.4, 0.5) is 11.4 Å². The van der Waals surface area contributed by atoms with Gasteiger partial charge in [-0.15, -0.1) is 0 Å². The molecule has 0 amide bonds. The van der Waals surface area contributed by atoms with E-state index in [1.807, 2.05) is 85.2 Å². The topological polar surface area (TPSA) is 43.2 Å². The van der Waals surface area contributed by atoms with Crippen molar-refractivity contribution in [3.05, 3.63) is 108 Å². The molecule has 0 radical (unpaired) electrons. The number of methoxy groups -OCH3 is 2. The fraction of sp³-hybridized carbons (Fsp3) is 0.0714. The summed E-state index contributed by atoms with van der Waals surface area (Å²) in [6, 6.07) is 32.0. The molecular weight excluding hydrogens is 396 g/mol. The number of nitrogens with zero attached hydrogens (tertiary/aromatic N) is 2. The maximum absolute atomic E-state index is 5.18. The van der Waals surface area contributed by atoms with Gasteiger partial charge in [0.15, 0.2) is 0 Å². The van der Waals surface area contributed by atoms with Gasteiger partial charge in [-0.2, -0.15) is 0 Å². The van der Waals surface area contributed by atoms with Crippen molar-refractivity contribution in [2.75, 3.05) is 14.2 Å². The van der Waals surface area contributed by atoms with E-state index in [-0.39, 0.29) is 0 Å². The second-order valence-corrected chi connectivity index (χ2v) is 7.16. The largest absolute Gasteiger partial charge is 0.497 e. The van der Waals surface area contributed by atoms with Gasteiger partial charge in [0, 0.05) is 12.4 Å². The third-order valence-corrected chi connectivity index (χ3v) is 5.02. The quantitative estimate of drug-likeness (QED) is 0.306. The zero-order valence-corrected chi connectivity index (χ0v) is 18.1. The minimum Gasteiger partial charge on any atom is -0.497 e. The Morgan fingerprint density at radius 1 is 0.469 bits per heavy atom. The molecule has 0 aromatic heterocycles. The van der Waals surface area contributed by atoms with Gasteiger partial charge in [-0.05, 0) is 95.1 Å². The molecular formula is C28H24N2O2. The van der Waals surface area contributed by atoms with Crippen LogP contribution < -0.4 is 9.47 Å². The molecule has 4 aromatic carbocycles. The van der Waals surface area contributed by atoms with E-state index in [1.54, 1.807) is 14.2 Å². The molecule has 158 valence electrons. The van der Waals surface area contributed by atoms with Gasteiger partial charge >= 0.3 is 0 Å². The van der Waals surface area contributed by atoms with Gasteiger partial charge in [0.2, 0.25) is 0 Å². The maximum atomic E-state index is 5.18. The Labute approximate surface area is 188 Å². The summed E-state index contributed by atoms with van der Waals surface area (Å²) < 4.78 is 10.4. The number of hydrogen-bond donors (Lipinski definition) is 0. The van der Waals surface area contributed by atoms with Crippen LogP contribution in [0, 0.1) is 0 Å². The summed E-state index contributed by atoms with van der Waals surface area (Å²) in [6.45, 7) is 0. The lowest BCUT2D eigenvalue weighted by molar-refractivity contribution is 0.414. The Morgan fingerprint density at radius 3 is 1.12 bits per heavy atom. The molecule has 0 bridgehead atoms. The van der Waals surface area contributed by atoms with Crippen LogP contribution in [0.15, 0.2) is 107 Å². The summed E-state index contributed by atoms with van der Waals surface area (Å²) >= 11 is 0. The predicted molar refractivity (Wildman–Crippen MR) is 132 cm³/mol. The third-order valence-electron chi connectivity index (χ3n) is 5.02. The first-order chi connectivity index (χ1) is 15.7. The average Bonchev–Trinajstić information content (AvgIpc) is 2.87. The molecule has 4 nitrogen and oxygen atoms in total. The molecule has 0 saturated carbocycles. The molecule has 0 aliphatic heterocycles. The Balaban J connectivity index is 1.40. The highest BCUT2D eigenvalue weighted by Gasteiger charge is 1.99. The number of ether oxygens (including phenoxy) is 2. The summed E-state index contributed by atoms with van der Waals surface area (Å²) in [6.07, 6.45) is 3.70. The minimum absolute atomic E-state index is 0.837. The fourth-order valence-electron chi connectivity index (χ4n) is 3.16. The molecule has 0 heterocycles. The first-order valence-corrected chi connectivity index (χ1v) is 10.3. The second kappa shape index (κ2) is 10.2. The monoisotopic (exact) mass is 420 g/mol. The van der Waals surface area contributed by atoms with Crippen LogP contribution in [0.5, 0.6) is 11.5 Å².